The van der Waals surface area contributed by atoms with Gasteiger partial charge in [-0.2, -0.15) is 4.31 Å². The summed E-state index contributed by atoms with van der Waals surface area (Å²) in [5, 5.41) is 0. The molecular weight excluding hydrogens is 260 g/mol. The standard InChI is InChI=1S/C14H30N2O2S/c1-3-5-12-19(17,18)16(11-4-2)14(13-15)9-7-6-8-10-14/h3-13,15H2,1-2H3. The average molecular weight is 290 g/mol. The van der Waals surface area contributed by atoms with Gasteiger partial charge in [0, 0.05) is 18.6 Å². The van der Waals surface area contributed by atoms with Crippen LogP contribution < -0.4 is 5.73 Å². The molecule has 114 valence electrons. The van der Waals surface area contributed by atoms with E-state index >= 15 is 0 Å². The van der Waals surface area contributed by atoms with E-state index in [0.717, 1.165) is 44.9 Å². The van der Waals surface area contributed by atoms with Gasteiger partial charge in [0.1, 0.15) is 0 Å². The lowest BCUT2D eigenvalue weighted by Crippen LogP contribution is -2.57. The number of hydrogen-bond acceptors (Lipinski definition) is 3. The number of hydrogen-bond donors (Lipinski definition) is 1. The largest absolute Gasteiger partial charge is 0.329 e. The second-order valence-corrected chi connectivity index (χ2v) is 7.74. The molecule has 5 heteroatoms. The number of nitrogens with two attached hydrogens (primary N) is 1. The summed E-state index contributed by atoms with van der Waals surface area (Å²) in [6.45, 7) is 5.13. The lowest BCUT2D eigenvalue weighted by molar-refractivity contribution is 0.136. The topological polar surface area (TPSA) is 63.4 Å². The number of unbranched alkanes of at least 4 members (excludes halogenated alkanes) is 1. The molecule has 4 nitrogen and oxygen atoms in total. The Kier molecular flexibility index (Phi) is 6.77. The van der Waals surface area contributed by atoms with Crippen LogP contribution in [0.25, 0.3) is 0 Å². The normalized spacial score (nSPS) is 19.8. The van der Waals surface area contributed by atoms with E-state index in [1.165, 1.54) is 6.42 Å². The van der Waals surface area contributed by atoms with Crippen molar-refractivity contribution < 1.29 is 8.42 Å². The highest BCUT2D eigenvalue weighted by Crippen LogP contribution is 2.35. The number of sulfonamides is 1. The van der Waals surface area contributed by atoms with Crippen LogP contribution in [0, 0.1) is 0 Å². The van der Waals surface area contributed by atoms with Crippen molar-refractivity contribution >= 4 is 10.0 Å². The number of rotatable bonds is 8. The van der Waals surface area contributed by atoms with Crippen molar-refractivity contribution in [2.24, 2.45) is 5.73 Å². The predicted molar refractivity (Wildman–Crippen MR) is 80.6 cm³/mol. The number of nitrogens with zero attached hydrogens (tertiary/aromatic N) is 1. The van der Waals surface area contributed by atoms with Crippen LogP contribution in [0.5, 0.6) is 0 Å². The first-order chi connectivity index (χ1) is 9.02. The van der Waals surface area contributed by atoms with Crippen molar-refractivity contribution in [1.82, 2.24) is 4.31 Å². The van der Waals surface area contributed by atoms with E-state index in [1.54, 1.807) is 4.31 Å². The zero-order valence-electron chi connectivity index (χ0n) is 12.5. The minimum Gasteiger partial charge on any atom is -0.329 e. The molecule has 0 saturated heterocycles. The molecule has 1 rings (SSSR count). The van der Waals surface area contributed by atoms with Gasteiger partial charge in [0.2, 0.25) is 10.0 Å². The molecule has 2 N–H and O–H groups in total. The molecule has 0 aromatic heterocycles. The van der Waals surface area contributed by atoms with Gasteiger partial charge in [-0.1, -0.05) is 39.5 Å². The zero-order chi connectivity index (χ0) is 14.4. The van der Waals surface area contributed by atoms with Gasteiger partial charge >= 0.3 is 0 Å². The molecule has 0 aromatic rings. The Bertz CT molecular complexity index is 348. The first kappa shape index (κ1) is 16.9. The van der Waals surface area contributed by atoms with E-state index in [-0.39, 0.29) is 11.3 Å². The molecule has 1 aliphatic carbocycles. The van der Waals surface area contributed by atoms with Crippen molar-refractivity contribution in [3.63, 3.8) is 0 Å². The zero-order valence-corrected chi connectivity index (χ0v) is 13.3. The smallest absolute Gasteiger partial charge is 0.214 e. The molecular formula is C14H30N2O2S. The van der Waals surface area contributed by atoms with E-state index in [0.29, 0.717) is 13.1 Å². The van der Waals surface area contributed by atoms with E-state index < -0.39 is 10.0 Å². The molecule has 1 aliphatic rings. The van der Waals surface area contributed by atoms with Crippen LogP contribution in [0.4, 0.5) is 0 Å². The van der Waals surface area contributed by atoms with Gasteiger partial charge in [-0.25, -0.2) is 8.42 Å². The molecule has 0 unspecified atom stereocenters. The lowest BCUT2D eigenvalue weighted by Gasteiger charge is -2.45. The van der Waals surface area contributed by atoms with Gasteiger partial charge in [-0.15, -0.1) is 0 Å². The first-order valence-corrected chi connectivity index (χ1v) is 9.34. The maximum Gasteiger partial charge on any atom is 0.214 e. The Morgan fingerprint density at radius 1 is 1.11 bits per heavy atom. The monoisotopic (exact) mass is 290 g/mol. The summed E-state index contributed by atoms with van der Waals surface area (Å²) >= 11 is 0. The summed E-state index contributed by atoms with van der Waals surface area (Å²) in [7, 11) is -3.16. The SMILES string of the molecule is CCCCS(=O)(=O)N(CCC)C1(CN)CCCCC1. The van der Waals surface area contributed by atoms with Gasteiger partial charge in [-0.05, 0) is 25.7 Å². The Labute approximate surface area is 118 Å². The third kappa shape index (κ3) is 4.17. The Morgan fingerprint density at radius 3 is 2.21 bits per heavy atom. The molecule has 19 heavy (non-hydrogen) atoms. The minimum absolute atomic E-state index is 0.269. The average Bonchev–Trinajstić information content (AvgIpc) is 2.43. The maximum atomic E-state index is 12.6. The van der Waals surface area contributed by atoms with Crippen LogP contribution in [-0.4, -0.2) is 37.1 Å². The molecule has 0 radical (unpaired) electrons. The lowest BCUT2D eigenvalue weighted by atomic mass is 9.81. The fraction of sp³-hybridized carbons (Fsp3) is 1.00. The molecule has 0 aromatic carbocycles. The van der Waals surface area contributed by atoms with Crippen LogP contribution in [-0.2, 0) is 10.0 Å². The molecule has 1 fully saturated rings. The highest BCUT2D eigenvalue weighted by Gasteiger charge is 2.42. The molecule has 0 spiro atoms. The van der Waals surface area contributed by atoms with Crippen LogP contribution in [0.3, 0.4) is 0 Å². The summed E-state index contributed by atoms with van der Waals surface area (Å²) < 4.78 is 27.0. The molecule has 0 aliphatic heterocycles. The van der Waals surface area contributed by atoms with Crippen molar-refractivity contribution in [3.8, 4) is 0 Å². The van der Waals surface area contributed by atoms with Crippen LogP contribution in [0.1, 0.15) is 65.2 Å². The summed E-state index contributed by atoms with van der Waals surface area (Å²) in [5.74, 6) is 0.269. The van der Waals surface area contributed by atoms with Crippen LogP contribution >= 0.6 is 0 Å². The first-order valence-electron chi connectivity index (χ1n) is 7.73. The summed E-state index contributed by atoms with van der Waals surface area (Å²) in [4.78, 5) is 0. The molecule has 1 saturated carbocycles. The Hall–Kier alpha value is -0.130. The van der Waals surface area contributed by atoms with Gasteiger partial charge in [0.25, 0.3) is 0 Å². The summed E-state index contributed by atoms with van der Waals surface area (Å²) in [5.41, 5.74) is 5.68. The van der Waals surface area contributed by atoms with Crippen LogP contribution in [0.15, 0.2) is 0 Å². The Morgan fingerprint density at radius 2 is 1.74 bits per heavy atom. The fourth-order valence-electron chi connectivity index (χ4n) is 3.08. The van der Waals surface area contributed by atoms with Gasteiger partial charge in [-0.3, -0.25) is 0 Å². The molecule has 0 atom stereocenters. The van der Waals surface area contributed by atoms with Gasteiger partial charge in [0.05, 0.1) is 5.75 Å². The molecule has 0 heterocycles. The summed E-state index contributed by atoms with van der Waals surface area (Å²) in [6, 6.07) is 0. The fourth-order valence-corrected chi connectivity index (χ4v) is 5.26. The Balaban J connectivity index is 2.96. The third-order valence-corrected chi connectivity index (χ3v) is 6.26. The predicted octanol–water partition coefficient (Wildman–Crippen LogP) is 2.49. The van der Waals surface area contributed by atoms with E-state index in [2.05, 4.69) is 0 Å². The van der Waals surface area contributed by atoms with Crippen molar-refractivity contribution in [2.75, 3.05) is 18.8 Å². The van der Waals surface area contributed by atoms with E-state index in [4.69, 9.17) is 5.73 Å². The van der Waals surface area contributed by atoms with Gasteiger partial charge < -0.3 is 5.73 Å². The van der Waals surface area contributed by atoms with Crippen molar-refractivity contribution in [1.29, 1.82) is 0 Å². The summed E-state index contributed by atoms with van der Waals surface area (Å²) in [6.07, 6.45) is 7.76. The van der Waals surface area contributed by atoms with Crippen LogP contribution in [0.2, 0.25) is 0 Å². The van der Waals surface area contributed by atoms with E-state index in [1.807, 2.05) is 13.8 Å². The second kappa shape index (κ2) is 7.60. The third-order valence-electron chi connectivity index (χ3n) is 4.21. The second-order valence-electron chi connectivity index (χ2n) is 5.73. The maximum absolute atomic E-state index is 12.6. The van der Waals surface area contributed by atoms with E-state index in [9.17, 15) is 8.42 Å². The highest BCUT2D eigenvalue weighted by atomic mass is 32.2. The van der Waals surface area contributed by atoms with Crippen molar-refractivity contribution in [2.45, 2.75) is 70.8 Å². The van der Waals surface area contributed by atoms with Gasteiger partial charge in [0.15, 0.2) is 0 Å². The van der Waals surface area contributed by atoms with Crippen molar-refractivity contribution in [3.05, 3.63) is 0 Å². The minimum atomic E-state index is -3.16. The molecule has 0 amide bonds. The quantitative estimate of drug-likeness (QED) is 0.747. The highest BCUT2D eigenvalue weighted by molar-refractivity contribution is 7.89. The molecule has 0 bridgehead atoms.